The first-order valence-electron chi connectivity index (χ1n) is 4.21. The van der Waals surface area contributed by atoms with E-state index in [9.17, 15) is 0 Å². The SMILES string of the molecule is CNN(C)C(=S)Nc1cc(Br)ccc1Br. The third-order valence-electron chi connectivity index (χ3n) is 1.81. The van der Waals surface area contributed by atoms with E-state index in [1.54, 1.807) is 5.01 Å². The van der Waals surface area contributed by atoms with Crippen LogP contribution in [0.5, 0.6) is 0 Å². The summed E-state index contributed by atoms with van der Waals surface area (Å²) < 4.78 is 1.97. The van der Waals surface area contributed by atoms with Crippen molar-refractivity contribution >= 4 is 54.9 Å². The first-order valence-corrected chi connectivity index (χ1v) is 6.21. The standard InChI is InChI=1S/C9H11Br2N3S/c1-12-14(2)9(15)13-8-5-6(10)3-4-7(8)11/h3-5,12H,1-2H3,(H,13,15). The van der Waals surface area contributed by atoms with Gasteiger partial charge in [0, 0.05) is 23.0 Å². The average Bonchev–Trinajstić information content (AvgIpc) is 2.22. The van der Waals surface area contributed by atoms with Gasteiger partial charge in [-0.25, -0.2) is 5.43 Å². The fourth-order valence-electron chi connectivity index (χ4n) is 0.894. The maximum atomic E-state index is 5.18. The summed E-state index contributed by atoms with van der Waals surface area (Å²) in [4.78, 5) is 0. The predicted octanol–water partition coefficient (Wildman–Crippen LogP) is 2.97. The van der Waals surface area contributed by atoms with Gasteiger partial charge in [-0.2, -0.15) is 0 Å². The Balaban J connectivity index is 2.80. The van der Waals surface area contributed by atoms with Crippen LogP contribution in [0.25, 0.3) is 0 Å². The molecule has 0 saturated carbocycles. The van der Waals surface area contributed by atoms with E-state index in [4.69, 9.17) is 12.2 Å². The molecule has 3 nitrogen and oxygen atoms in total. The van der Waals surface area contributed by atoms with Gasteiger partial charge in [-0.3, -0.25) is 5.01 Å². The van der Waals surface area contributed by atoms with E-state index in [-0.39, 0.29) is 0 Å². The molecule has 0 spiro atoms. The van der Waals surface area contributed by atoms with Crippen LogP contribution in [0, 0.1) is 0 Å². The summed E-state index contributed by atoms with van der Waals surface area (Å²) in [7, 11) is 3.66. The van der Waals surface area contributed by atoms with E-state index in [1.807, 2.05) is 32.3 Å². The second-order valence-electron chi connectivity index (χ2n) is 2.84. The van der Waals surface area contributed by atoms with Gasteiger partial charge >= 0.3 is 0 Å². The van der Waals surface area contributed by atoms with Crippen LogP contribution < -0.4 is 10.7 Å². The van der Waals surface area contributed by atoms with Crippen LogP contribution in [0.1, 0.15) is 0 Å². The van der Waals surface area contributed by atoms with E-state index in [0.717, 1.165) is 14.6 Å². The molecule has 1 aromatic carbocycles. The lowest BCUT2D eigenvalue weighted by molar-refractivity contribution is 0.416. The Morgan fingerprint density at radius 1 is 1.40 bits per heavy atom. The van der Waals surface area contributed by atoms with E-state index >= 15 is 0 Å². The molecule has 0 fully saturated rings. The number of thiocarbonyl (C=S) groups is 1. The Morgan fingerprint density at radius 2 is 2.07 bits per heavy atom. The van der Waals surface area contributed by atoms with Crippen molar-refractivity contribution in [2.24, 2.45) is 0 Å². The third kappa shape index (κ3) is 3.71. The van der Waals surface area contributed by atoms with Gasteiger partial charge in [-0.15, -0.1) is 0 Å². The lowest BCUT2D eigenvalue weighted by atomic mass is 10.3. The maximum absolute atomic E-state index is 5.18. The number of benzene rings is 1. The van der Waals surface area contributed by atoms with Crippen molar-refractivity contribution in [1.29, 1.82) is 0 Å². The van der Waals surface area contributed by atoms with Crippen LogP contribution in [0.3, 0.4) is 0 Å². The minimum atomic E-state index is 0.608. The highest BCUT2D eigenvalue weighted by atomic mass is 79.9. The van der Waals surface area contributed by atoms with Gasteiger partial charge in [0.15, 0.2) is 5.11 Å². The first kappa shape index (κ1) is 12.9. The van der Waals surface area contributed by atoms with Gasteiger partial charge in [0.2, 0.25) is 0 Å². The first-order chi connectivity index (χ1) is 7.04. The van der Waals surface area contributed by atoms with Gasteiger partial charge < -0.3 is 5.32 Å². The van der Waals surface area contributed by atoms with Crippen molar-refractivity contribution < 1.29 is 0 Å². The molecule has 1 aromatic rings. The summed E-state index contributed by atoms with van der Waals surface area (Å²) in [6, 6.07) is 5.87. The van der Waals surface area contributed by atoms with Crippen molar-refractivity contribution in [1.82, 2.24) is 10.4 Å². The number of rotatable bonds is 2. The van der Waals surface area contributed by atoms with E-state index in [2.05, 4.69) is 42.6 Å². The number of nitrogens with zero attached hydrogens (tertiary/aromatic N) is 1. The molecule has 0 amide bonds. The van der Waals surface area contributed by atoms with Crippen molar-refractivity contribution in [3.05, 3.63) is 27.1 Å². The lowest BCUT2D eigenvalue weighted by Crippen LogP contribution is -2.39. The zero-order valence-electron chi connectivity index (χ0n) is 8.34. The molecule has 0 saturated heterocycles. The van der Waals surface area contributed by atoms with Crippen molar-refractivity contribution in [3.63, 3.8) is 0 Å². The van der Waals surface area contributed by atoms with E-state index < -0.39 is 0 Å². The molecule has 0 heterocycles. The number of halogens is 2. The Labute approximate surface area is 111 Å². The summed E-state index contributed by atoms with van der Waals surface area (Å²) in [5.74, 6) is 0. The largest absolute Gasteiger partial charge is 0.331 e. The zero-order chi connectivity index (χ0) is 11.4. The van der Waals surface area contributed by atoms with Crippen LogP contribution >= 0.6 is 44.1 Å². The van der Waals surface area contributed by atoms with Crippen LogP contribution in [0.2, 0.25) is 0 Å². The Bertz CT molecular complexity index is 370. The highest BCUT2D eigenvalue weighted by molar-refractivity contribution is 9.11. The van der Waals surface area contributed by atoms with Crippen molar-refractivity contribution in [3.8, 4) is 0 Å². The minimum Gasteiger partial charge on any atom is -0.331 e. The zero-order valence-corrected chi connectivity index (χ0v) is 12.3. The molecule has 0 aliphatic carbocycles. The second-order valence-corrected chi connectivity index (χ2v) is 4.99. The van der Waals surface area contributed by atoms with Crippen molar-refractivity contribution in [2.45, 2.75) is 0 Å². The lowest BCUT2D eigenvalue weighted by Gasteiger charge is -2.20. The van der Waals surface area contributed by atoms with Crippen LogP contribution in [-0.4, -0.2) is 24.2 Å². The molecule has 1 rings (SSSR count). The molecule has 15 heavy (non-hydrogen) atoms. The number of hydrogen-bond acceptors (Lipinski definition) is 2. The summed E-state index contributed by atoms with van der Waals surface area (Å²) in [6.07, 6.45) is 0. The molecule has 2 N–H and O–H groups in total. The number of anilines is 1. The molecule has 82 valence electrons. The molecule has 0 aliphatic rings. The van der Waals surface area contributed by atoms with Gasteiger partial charge in [0.25, 0.3) is 0 Å². The summed E-state index contributed by atoms with van der Waals surface area (Å²) in [6.45, 7) is 0. The average molecular weight is 353 g/mol. The van der Waals surface area contributed by atoms with E-state index in [1.165, 1.54) is 0 Å². The van der Waals surface area contributed by atoms with Gasteiger partial charge in [0.1, 0.15) is 0 Å². The quantitative estimate of drug-likeness (QED) is 0.632. The Kier molecular flexibility index (Phi) is 4.98. The van der Waals surface area contributed by atoms with Crippen LogP contribution in [-0.2, 0) is 0 Å². The number of hydrazine groups is 1. The van der Waals surface area contributed by atoms with E-state index in [0.29, 0.717) is 5.11 Å². The molecule has 0 atom stereocenters. The maximum Gasteiger partial charge on any atom is 0.187 e. The summed E-state index contributed by atoms with van der Waals surface area (Å²) in [5.41, 5.74) is 3.85. The highest BCUT2D eigenvalue weighted by Gasteiger charge is 2.05. The molecular weight excluding hydrogens is 342 g/mol. The smallest absolute Gasteiger partial charge is 0.187 e. The van der Waals surface area contributed by atoms with Gasteiger partial charge in [0.05, 0.1) is 5.69 Å². The topological polar surface area (TPSA) is 27.3 Å². The molecule has 0 bridgehead atoms. The van der Waals surface area contributed by atoms with Crippen LogP contribution in [0.15, 0.2) is 27.1 Å². The third-order valence-corrected chi connectivity index (χ3v) is 3.37. The summed E-state index contributed by atoms with van der Waals surface area (Å²) in [5, 5.41) is 5.45. The minimum absolute atomic E-state index is 0.608. The fourth-order valence-corrected chi connectivity index (χ4v) is 1.80. The normalized spacial score (nSPS) is 9.87. The molecule has 0 aromatic heterocycles. The monoisotopic (exact) mass is 351 g/mol. The molecule has 0 aliphatic heterocycles. The molecule has 6 heteroatoms. The number of nitrogens with one attached hydrogen (secondary N) is 2. The van der Waals surface area contributed by atoms with Gasteiger partial charge in [-0.1, -0.05) is 15.9 Å². The predicted molar refractivity (Wildman–Crippen MR) is 74.9 cm³/mol. The Morgan fingerprint density at radius 3 is 2.67 bits per heavy atom. The fraction of sp³-hybridized carbons (Fsp3) is 0.222. The Hall–Kier alpha value is -0.170. The molecule has 0 unspecified atom stereocenters. The van der Waals surface area contributed by atoms with Gasteiger partial charge in [-0.05, 0) is 46.3 Å². The second kappa shape index (κ2) is 5.79. The number of hydrogen-bond donors (Lipinski definition) is 2. The molecular formula is C9H11Br2N3S. The summed E-state index contributed by atoms with van der Waals surface area (Å²) >= 11 is 12.0. The molecule has 0 radical (unpaired) electrons. The van der Waals surface area contributed by atoms with Crippen molar-refractivity contribution in [2.75, 3.05) is 19.4 Å². The van der Waals surface area contributed by atoms with Crippen LogP contribution in [0.4, 0.5) is 5.69 Å². The highest BCUT2D eigenvalue weighted by Crippen LogP contribution is 2.26.